The molecule has 2 N–H and O–H groups in total. The van der Waals surface area contributed by atoms with Crippen molar-refractivity contribution in [1.82, 2.24) is 9.55 Å². The van der Waals surface area contributed by atoms with Crippen LogP contribution in [0.5, 0.6) is 0 Å². The number of rotatable bonds is 4. The number of hydrogen-bond acceptors (Lipinski definition) is 5. The normalized spacial score (nSPS) is 12.7. The largest absolute Gasteiger partial charge is 0.443 e. The zero-order chi connectivity index (χ0) is 17.0. The minimum Gasteiger partial charge on any atom is -0.443 e. The monoisotopic (exact) mass is 315 g/mol. The molecule has 0 spiro atoms. The van der Waals surface area contributed by atoms with Crippen molar-refractivity contribution in [2.24, 2.45) is 5.73 Å². The van der Waals surface area contributed by atoms with E-state index in [4.69, 9.17) is 10.5 Å². The number of imidazole rings is 1. The van der Waals surface area contributed by atoms with E-state index in [0.29, 0.717) is 6.42 Å². The highest BCUT2D eigenvalue weighted by Crippen LogP contribution is 2.12. The predicted molar refractivity (Wildman–Crippen MR) is 86.3 cm³/mol. The minimum atomic E-state index is -0.777. The number of ether oxygens (including phenoxy) is 1. The van der Waals surface area contributed by atoms with Crippen LogP contribution in [0.25, 0.3) is 0 Å². The first-order valence-corrected chi connectivity index (χ1v) is 7.38. The third-order valence-electron chi connectivity index (χ3n) is 3.09. The van der Waals surface area contributed by atoms with Gasteiger partial charge in [0.2, 0.25) is 5.78 Å². The molecule has 0 saturated heterocycles. The maximum absolute atomic E-state index is 12.5. The van der Waals surface area contributed by atoms with Crippen LogP contribution in [0.2, 0.25) is 0 Å². The molecule has 6 nitrogen and oxygen atoms in total. The molecule has 0 fully saturated rings. The Hall–Kier alpha value is -2.47. The van der Waals surface area contributed by atoms with Gasteiger partial charge in [0, 0.05) is 12.4 Å². The van der Waals surface area contributed by atoms with Crippen molar-refractivity contribution < 1.29 is 14.3 Å². The first kappa shape index (κ1) is 16.9. The van der Waals surface area contributed by atoms with Crippen molar-refractivity contribution in [1.29, 1.82) is 0 Å². The standard InChI is InChI=1S/C17H21N3O3/c1-17(2,3)23-16(22)20-10-9-19-15(20)14(21)13(18)11-12-7-5-4-6-8-12/h4-10,13H,11,18H2,1-3H3/t13-/m1/s1. The average molecular weight is 315 g/mol. The number of carbonyl (C=O) groups is 2. The first-order chi connectivity index (χ1) is 10.8. The number of aromatic nitrogens is 2. The average Bonchev–Trinajstić information content (AvgIpc) is 2.95. The lowest BCUT2D eigenvalue weighted by atomic mass is 10.0. The lowest BCUT2D eigenvalue weighted by Gasteiger charge is -2.20. The third-order valence-corrected chi connectivity index (χ3v) is 3.09. The summed E-state index contributed by atoms with van der Waals surface area (Å²) in [6.07, 6.45) is 2.51. The molecule has 0 aliphatic heterocycles. The Morgan fingerprint density at radius 1 is 1.26 bits per heavy atom. The van der Waals surface area contributed by atoms with Crippen molar-refractivity contribution in [3.63, 3.8) is 0 Å². The molecule has 0 aliphatic carbocycles. The lowest BCUT2D eigenvalue weighted by molar-refractivity contribution is 0.0526. The van der Waals surface area contributed by atoms with E-state index >= 15 is 0 Å². The van der Waals surface area contributed by atoms with Crippen molar-refractivity contribution >= 4 is 11.9 Å². The molecular weight excluding hydrogens is 294 g/mol. The van der Waals surface area contributed by atoms with Crippen LogP contribution < -0.4 is 5.73 Å². The Morgan fingerprint density at radius 3 is 2.52 bits per heavy atom. The molecular formula is C17H21N3O3. The molecule has 1 aromatic heterocycles. The van der Waals surface area contributed by atoms with Gasteiger partial charge >= 0.3 is 6.09 Å². The van der Waals surface area contributed by atoms with Gasteiger partial charge < -0.3 is 10.5 Å². The highest BCUT2D eigenvalue weighted by molar-refractivity contribution is 5.99. The number of ketones is 1. The van der Waals surface area contributed by atoms with Gasteiger partial charge in [0.05, 0.1) is 6.04 Å². The molecule has 1 aromatic carbocycles. The van der Waals surface area contributed by atoms with Gasteiger partial charge in [-0.25, -0.2) is 14.3 Å². The van der Waals surface area contributed by atoms with Crippen LogP contribution >= 0.6 is 0 Å². The van der Waals surface area contributed by atoms with E-state index in [2.05, 4.69) is 4.98 Å². The Morgan fingerprint density at radius 2 is 1.91 bits per heavy atom. The van der Waals surface area contributed by atoms with Crippen LogP contribution in [0.4, 0.5) is 4.79 Å². The van der Waals surface area contributed by atoms with Gasteiger partial charge in [-0.15, -0.1) is 0 Å². The highest BCUT2D eigenvalue weighted by Gasteiger charge is 2.26. The second kappa shape index (κ2) is 6.75. The SMILES string of the molecule is CC(C)(C)OC(=O)n1ccnc1C(=O)[C@H](N)Cc1ccccc1. The summed E-state index contributed by atoms with van der Waals surface area (Å²) in [6.45, 7) is 5.26. The number of nitrogens with two attached hydrogens (primary N) is 1. The van der Waals surface area contributed by atoms with E-state index in [1.54, 1.807) is 20.8 Å². The maximum Gasteiger partial charge on any atom is 0.420 e. The van der Waals surface area contributed by atoms with Crippen molar-refractivity contribution in [3.8, 4) is 0 Å². The van der Waals surface area contributed by atoms with E-state index in [-0.39, 0.29) is 5.82 Å². The van der Waals surface area contributed by atoms with Crippen LogP contribution in [0.1, 0.15) is 37.0 Å². The smallest absolute Gasteiger partial charge is 0.420 e. The fourth-order valence-corrected chi connectivity index (χ4v) is 2.07. The molecule has 2 aromatic rings. The molecule has 0 saturated carbocycles. The minimum absolute atomic E-state index is 0.0114. The molecule has 122 valence electrons. The van der Waals surface area contributed by atoms with E-state index in [1.807, 2.05) is 30.3 Å². The quantitative estimate of drug-likeness (QED) is 0.876. The summed E-state index contributed by atoms with van der Waals surface area (Å²) in [5.41, 5.74) is 6.27. The second-order valence-corrected chi connectivity index (χ2v) is 6.26. The number of hydrogen-bond donors (Lipinski definition) is 1. The van der Waals surface area contributed by atoms with Crippen LogP contribution in [-0.2, 0) is 11.2 Å². The first-order valence-electron chi connectivity index (χ1n) is 7.38. The summed E-state index contributed by atoms with van der Waals surface area (Å²) in [6, 6.07) is 8.68. The maximum atomic E-state index is 12.5. The Bertz CT molecular complexity index is 687. The van der Waals surface area contributed by atoms with Crippen LogP contribution in [0.15, 0.2) is 42.7 Å². The summed E-state index contributed by atoms with van der Waals surface area (Å²) in [7, 11) is 0. The van der Waals surface area contributed by atoms with Crippen molar-refractivity contribution in [3.05, 3.63) is 54.1 Å². The highest BCUT2D eigenvalue weighted by atomic mass is 16.6. The molecule has 1 heterocycles. The summed E-state index contributed by atoms with van der Waals surface area (Å²) in [4.78, 5) is 28.6. The van der Waals surface area contributed by atoms with E-state index in [9.17, 15) is 9.59 Å². The lowest BCUT2D eigenvalue weighted by Crippen LogP contribution is -2.36. The topological polar surface area (TPSA) is 87.2 Å². The van der Waals surface area contributed by atoms with E-state index in [0.717, 1.165) is 10.1 Å². The van der Waals surface area contributed by atoms with Gasteiger partial charge in [-0.2, -0.15) is 0 Å². The van der Waals surface area contributed by atoms with Gasteiger partial charge in [0.15, 0.2) is 5.82 Å². The van der Waals surface area contributed by atoms with Crippen LogP contribution in [0, 0.1) is 0 Å². The summed E-state index contributed by atoms with van der Waals surface area (Å²) >= 11 is 0. The zero-order valence-corrected chi connectivity index (χ0v) is 13.5. The number of nitrogens with zero attached hydrogens (tertiary/aromatic N) is 2. The van der Waals surface area contributed by atoms with E-state index in [1.165, 1.54) is 12.4 Å². The fraction of sp³-hybridized carbons (Fsp3) is 0.353. The van der Waals surface area contributed by atoms with Gasteiger partial charge in [0.25, 0.3) is 0 Å². The molecule has 0 amide bonds. The molecule has 1 atom stereocenters. The molecule has 6 heteroatoms. The summed E-state index contributed by atoms with van der Waals surface area (Å²) in [5, 5.41) is 0. The second-order valence-electron chi connectivity index (χ2n) is 6.26. The Labute approximate surface area is 135 Å². The number of benzene rings is 1. The Kier molecular flexibility index (Phi) is 4.95. The zero-order valence-electron chi connectivity index (χ0n) is 13.5. The Balaban J connectivity index is 2.14. The third kappa shape index (κ3) is 4.50. The summed E-state index contributed by atoms with van der Waals surface area (Å²) < 4.78 is 6.36. The summed E-state index contributed by atoms with van der Waals surface area (Å²) in [5.74, 6) is -0.410. The number of Topliss-reactive ketones (excluding diaryl/α,β-unsaturated/α-hetero) is 1. The van der Waals surface area contributed by atoms with Crippen molar-refractivity contribution in [2.45, 2.75) is 38.8 Å². The molecule has 0 unspecified atom stereocenters. The van der Waals surface area contributed by atoms with Gasteiger partial charge in [0.1, 0.15) is 5.60 Å². The fourth-order valence-electron chi connectivity index (χ4n) is 2.07. The van der Waals surface area contributed by atoms with Crippen molar-refractivity contribution in [2.75, 3.05) is 0 Å². The molecule has 0 aliphatic rings. The molecule has 23 heavy (non-hydrogen) atoms. The van der Waals surface area contributed by atoms with Crippen LogP contribution in [-0.4, -0.2) is 33.1 Å². The molecule has 0 bridgehead atoms. The molecule has 0 radical (unpaired) electrons. The van der Waals surface area contributed by atoms with Gasteiger partial charge in [-0.1, -0.05) is 30.3 Å². The van der Waals surface area contributed by atoms with Gasteiger partial charge in [-0.05, 0) is 32.8 Å². The van der Waals surface area contributed by atoms with Crippen LogP contribution in [0.3, 0.4) is 0 Å². The van der Waals surface area contributed by atoms with E-state index < -0.39 is 23.5 Å². The molecule has 2 rings (SSSR count). The predicted octanol–water partition coefficient (Wildman–Crippen LogP) is 2.42. The van der Waals surface area contributed by atoms with Gasteiger partial charge in [-0.3, -0.25) is 4.79 Å². The number of carbonyl (C=O) groups excluding carboxylic acids is 2.